The zero-order valence-electron chi connectivity index (χ0n) is 14.0. The number of rotatable bonds is 10. The smallest absolute Gasteiger partial charge is 0.287 e. The predicted octanol–water partition coefficient (Wildman–Crippen LogP) is 2.93. The van der Waals surface area contributed by atoms with Gasteiger partial charge < -0.3 is 10.3 Å². The van der Waals surface area contributed by atoms with E-state index in [1.165, 1.54) is 12.6 Å². The molecule has 0 aliphatic rings. The van der Waals surface area contributed by atoms with E-state index in [9.17, 15) is 9.59 Å². The van der Waals surface area contributed by atoms with E-state index in [1.807, 2.05) is 18.2 Å². The van der Waals surface area contributed by atoms with Gasteiger partial charge in [-0.2, -0.15) is 0 Å². The third-order valence-electron chi connectivity index (χ3n) is 3.74. The van der Waals surface area contributed by atoms with Crippen LogP contribution in [0.2, 0.25) is 0 Å². The van der Waals surface area contributed by atoms with Crippen molar-refractivity contribution in [3.05, 3.63) is 47.8 Å². The van der Waals surface area contributed by atoms with Crippen molar-refractivity contribution in [3.8, 4) is 0 Å². The number of nitrogens with zero attached hydrogens (tertiary/aromatic N) is 2. The van der Waals surface area contributed by atoms with Gasteiger partial charge in [0.05, 0.1) is 6.20 Å². The van der Waals surface area contributed by atoms with Crippen LogP contribution in [-0.4, -0.2) is 33.2 Å². The van der Waals surface area contributed by atoms with Crippen molar-refractivity contribution in [3.63, 3.8) is 0 Å². The maximum absolute atomic E-state index is 12.2. The number of imidazole rings is 1. The summed E-state index contributed by atoms with van der Waals surface area (Å²) >= 11 is 0. The van der Waals surface area contributed by atoms with E-state index in [0.29, 0.717) is 25.1 Å². The fourth-order valence-corrected chi connectivity index (χ4v) is 2.34. The number of hydrogen-bond donors (Lipinski definition) is 2. The highest BCUT2D eigenvalue weighted by Gasteiger charge is 2.14. The summed E-state index contributed by atoms with van der Waals surface area (Å²) in [6.07, 6.45) is 8.42. The van der Waals surface area contributed by atoms with Gasteiger partial charge in [-0.1, -0.05) is 32.3 Å². The first-order valence-electron chi connectivity index (χ1n) is 8.47. The highest BCUT2D eigenvalue weighted by molar-refractivity contribution is 5.96. The minimum absolute atomic E-state index is 0.0739. The summed E-state index contributed by atoms with van der Waals surface area (Å²) < 4.78 is 0. The summed E-state index contributed by atoms with van der Waals surface area (Å²) in [6.45, 7) is 2.77. The molecular formula is C18H24N4O2. The molecule has 0 saturated carbocycles. The van der Waals surface area contributed by atoms with Gasteiger partial charge >= 0.3 is 0 Å². The van der Waals surface area contributed by atoms with E-state index in [1.54, 1.807) is 6.20 Å². The number of aryl methyl sites for hydroxylation is 1. The number of pyridine rings is 1. The summed E-state index contributed by atoms with van der Waals surface area (Å²) in [5.74, 6) is -0.155. The minimum Gasteiger partial charge on any atom is -0.349 e. The van der Waals surface area contributed by atoms with Crippen molar-refractivity contribution in [1.29, 1.82) is 0 Å². The number of amides is 1. The normalized spacial score (nSPS) is 10.5. The van der Waals surface area contributed by atoms with Crippen LogP contribution >= 0.6 is 0 Å². The van der Waals surface area contributed by atoms with Crippen LogP contribution in [0.4, 0.5) is 0 Å². The fraction of sp³-hybridized carbons (Fsp3) is 0.444. The molecule has 0 aliphatic heterocycles. The molecule has 0 atom stereocenters. The molecule has 0 fully saturated rings. The fourth-order valence-electron chi connectivity index (χ4n) is 2.34. The number of nitrogens with one attached hydrogen (secondary N) is 2. The third-order valence-corrected chi connectivity index (χ3v) is 3.74. The Kier molecular flexibility index (Phi) is 7.14. The molecule has 6 nitrogen and oxygen atoms in total. The third kappa shape index (κ3) is 5.61. The summed E-state index contributed by atoms with van der Waals surface area (Å²) in [6, 6.07) is 5.62. The molecule has 2 aromatic rings. The van der Waals surface area contributed by atoms with Crippen molar-refractivity contribution in [1.82, 2.24) is 20.3 Å². The molecule has 0 saturated heterocycles. The number of unbranched alkanes of at least 4 members (excludes halogenated alkanes) is 3. The van der Waals surface area contributed by atoms with Crippen molar-refractivity contribution < 1.29 is 9.59 Å². The number of aromatic amines is 1. The van der Waals surface area contributed by atoms with Gasteiger partial charge in [0.25, 0.3) is 5.91 Å². The number of H-pyrrole nitrogens is 1. The average Bonchev–Trinajstić information content (AvgIpc) is 3.10. The molecule has 0 aliphatic carbocycles. The molecule has 2 heterocycles. The van der Waals surface area contributed by atoms with Crippen LogP contribution in [0.1, 0.15) is 65.8 Å². The zero-order valence-corrected chi connectivity index (χ0v) is 14.0. The number of carbonyl (C=O) groups is 2. The Morgan fingerprint density at radius 3 is 2.79 bits per heavy atom. The zero-order chi connectivity index (χ0) is 17.2. The first-order chi connectivity index (χ1) is 11.7. The Balaban J connectivity index is 1.79. The number of carbonyl (C=O) groups excluding carboxylic acids is 2. The van der Waals surface area contributed by atoms with Gasteiger partial charge in [0, 0.05) is 24.9 Å². The van der Waals surface area contributed by atoms with E-state index < -0.39 is 0 Å². The molecule has 2 rings (SSSR count). The lowest BCUT2D eigenvalue weighted by Gasteiger charge is -2.02. The van der Waals surface area contributed by atoms with Gasteiger partial charge in [-0.3, -0.25) is 14.6 Å². The van der Waals surface area contributed by atoms with E-state index in [2.05, 4.69) is 27.2 Å². The van der Waals surface area contributed by atoms with E-state index in [0.717, 1.165) is 25.0 Å². The Morgan fingerprint density at radius 2 is 2.04 bits per heavy atom. The predicted molar refractivity (Wildman–Crippen MR) is 92.0 cm³/mol. The second kappa shape index (κ2) is 9.60. The van der Waals surface area contributed by atoms with Crippen LogP contribution in [0.3, 0.4) is 0 Å². The summed E-state index contributed by atoms with van der Waals surface area (Å²) in [5, 5.41) is 2.81. The maximum Gasteiger partial charge on any atom is 0.287 e. The molecule has 128 valence electrons. The van der Waals surface area contributed by atoms with Crippen molar-refractivity contribution in [2.45, 2.75) is 45.4 Å². The van der Waals surface area contributed by atoms with Crippen LogP contribution in [-0.2, 0) is 6.42 Å². The van der Waals surface area contributed by atoms with Crippen molar-refractivity contribution in [2.24, 2.45) is 0 Å². The molecule has 0 unspecified atom stereocenters. The Bertz CT molecular complexity index is 652. The lowest BCUT2D eigenvalue weighted by Crippen LogP contribution is -2.25. The van der Waals surface area contributed by atoms with Gasteiger partial charge in [0.15, 0.2) is 11.6 Å². The Hall–Kier alpha value is -2.50. The average molecular weight is 328 g/mol. The van der Waals surface area contributed by atoms with Gasteiger partial charge in [-0.15, -0.1) is 0 Å². The molecule has 0 radical (unpaired) electrons. The van der Waals surface area contributed by atoms with Gasteiger partial charge in [-0.05, 0) is 25.0 Å². The number of Topliss-reactive ketones (excluding diaryl/α,β-unsaturated/α-hetero) is 1. The lowest BCUT2D eigenvalue weighted by atomic mass is 10.1. The number of aromatic nitrogens is 3. The first kappa shape index (κ1) is 17.8. The minimum atomic E-state index is -0.268. The second-order valence-electron chi connectivity index (χ2n) is 5.71. The van der Waals surface area contributed by atoms with E-state index in [-0.39, 0.29) is 17.5 Å². The second-order valence-corrected chi connectivity index (χ2v) is 5.71. The SMILES string of the molecule is CCCCCCNC(=O)c1ncc(C(=O)CCc2ccccn2)[nH]1. The molecular weight excluding hydrogens is 304 g/mol. The molecule has 0 aromatic carbocycles. The van der Waals surface area contributed by atoms with Gasteiger partial charge in [0.2, 0.25) is 0 Å². The quantitative estimate of drug-likeness (QED) is 0.518. The highest BCUT2D eigenvalue weighted by atomic mass is 16.2. The van der Waals surface area contributed by atoms with Crippen LogP contribution in [0, 0.1) is 0 Å². The van der Waals surface area contributed by atoms with Crippen LogP contribution in [0.5, 0.6) is 0 Å². The van der Waals surface area contributed by atoms with Crippen LogP contribution in [0.25, 0.3) is 0 Å². The first-order valence-corrected chi connectivity index (χ1v) is 8.47. The molecule has 0 bridgehead atoms. The van der Waals surface area contributed by atoms with E-state index >= 15 is 0 Å². The topological polar surface area (TPSA) is 87.7 Å². The molecule has 24 heavy (non-hydrogen) atoms. The molecule has 6 heteroatoms. The maximum atomic E-state index is 12.2. The van der Waals surface area contributed by atoms with Crippen molar-refractivity contribution >= 4 is 11.7 Å². The summed E-state index contributed by atoms with van der Waals surface area (Å²) in [5.41, 5.74) is 1.23. The van der Waals surface area contributed by atoms with Gasteiger partial charge in [0.1, 0.15) is 5.69 Å². The number of ketones is 1. The monoisotopic (exact) mass is 328 g/mol. The lowest BCUT2D eigenvalue weighted by molar-refractivity contribution is 0.0943. The van der Waals surface area contributed by atoms with Gasteiger partial charge in [-0.25, -0.2) is 4.98 Å². The van der Waals surface area contributed by atoms with E-state index in [4.69, 9.17) is 0 Å². The summed E-state index contributed by atoms with van der Waals surface area (Å²) in [7, 11) is 0. The molecule has 0 spiro atoms. The molecule has 1 amide bonds. The highest BCUT2D eigenvalue weighted by Crippen LogP contribution is 2.06. The standard InChI is InChI=1S/C18H24N4O2/c1-2-3-4-6-12-20-18(24)17-21-13-15(22-17)16(23)10-9-14-8-5-7-11-19-14/h5,7-8,11,13H,2-4,6,9-10,12H2,1H3,(H,20,24)(H,21,22). The Morgan fingerprint density at radius 1 is 1.17 bits per heavy atom. The van der Waals surface area contributed by atoms with Crippen molar-refractivity contribution in [2.75, 3.05) is 6.54 Å². The molecule has 2 N–H and O–H groups in total. The summed E-state index contributed by atoms with van der Waals surface area (Å²) in [4.78, 5) is 35.1. The van der Waals surface area contributed by atoms with Crippen LogP contribution in [0.15, 0.2) is 30.6 Å². The Labute approximate surface area is 142 Å². The van der Waals surface area contributed by atoms with Crippen LogP contribution < -0.4 is 5.32 Å². The largest absolute Gasteiger partial charge is 0.349 e. The molecule has 2 aromatic heterocycles. The number of hydrogen-bond acceptors (Lipinski definition) is 4.